The summed E-state index contributed by atoms with van der Waals surface area (Å²) in [4.78, 5) is 39.5. The number of nitrogens with one attached hydrogen (secondary N) is 1. The van der Waals surface area contributed by atoms with Gasteiger partial charge in [-0.2, -0.15) is 0 Å². The first-order valence-corrected chi connectivity index (χ1v) is 10.4. The fraction of sp³-hybridized carbons (Fsp3) is 0.192. The number of carbonyl (C=O) groups excluding carboxylic acids is 3. The largest absolute Gasteiger partial charge is 0.335 e. The lowest BCUT2D eigenvalue weighted by Crippen LogP contribution is -2.54. The lowest BCUT2D eigenvalue weighted by molar-refractivity contribution is -0.122. The van der Waals surface area contributed by atoms with Crippen LogP contribution in [0.15, 0.2) is 54.1 Å². The van der Waals surface area contributed by atoms with Gasteiger partial charge in [0.05, 0.1) is 5.69 Å². The number of imide groups is 2. The van der Waals surface area contributed by atoms with Crippen LogP contribution in [0.2, 0.25) is 0 Å². The molecule has 0 spiro atoms. The Kier molecular flexibility index (Phi) is 5.30. The number of amides is 4. The second kappa shape index (κ2) is 7.96. The topological polar surface area (TPSA) is 71.4 Å². The minimum Gasteiger partial charge on any atom is -0.318 e. The predicted molar refractivity (Wildman–Crippen MR) is 125 cm³/mol. The fourth-order valence-electron chi connectivity index (χ4n) is 4.11. The van der Waals surface area contributed by atoms with Crippen LogP contribution < -0.4 is 10.2 Å². The number of rotatable bonds is 3. The van der Waals surface area contributed by atoms with Gasteiger partial charge >= 0.3 is 6.03 Å². The van der Waals surface area contributed by atoms with Crippen molar-refractivity contribution >= 4 is 29.6 Å². The van der Waals surface area contributed by atoms with Gasteiger partial charge in [-0.15, -0.1) is 0 Å². The van der Waals surface area contributed by atoms with Crippen LogP contribution in [-0.4, -0.2) is 22.4 Å². The van der Waals surface area contributed by atoms with Gasteiger partial charge in [-0.1, -0.05) is 24.3 Å². The number of nitrogens with zero attached hydrogens (tertiary/aromatic N) is 2. The number of benzene rings is 2. The molecule has 4 amide bonds. The molecule has 6 nitrogen and oxygen atoms in total. The molecule has 1 saturated heterocycles. The van der Waals surface area contributed by atoms with Gasteiger partial charge in [0.2, 0.25) is 0 Å². The van der Waals surface area contributed by atoms with Crippen molar-refractivity contribution in [1.82, 2.24) is 9.88 Å². The lowest BCUT2D eigenvalue weighted by Gasteiger charge is -2.28. The molecule has 1 fully saturated rings. The van der Waals surface area contributed by atoms with Crippen molar-refractivity contribution < 1.29 is 14.4 Å². The Balaban J connectivity index is 1.79. The summed E-state index contributed by atoms with van der Waals surface area (Å²) in [5.74, 6) is -1.32. The van der Waals surface area contributed by atoms with Crippen molar-refractivity contribution in [2.75, 3.05) is 4.90 Å². The van der Waals surface area contributed by atoms with Crippen molar-refractivity contribution in [3.63, 3.8) is 0 Å². The molecule has 6 heteroatoms. The van der Waals surface area contributed by atoms with E-state index in [2.05, 4.69) is 16.0 Å². The van der Waals surface area contributed by atoms with Crippen LogP contribution in [0.5, 0.6) is 0 Å². The molecule has 2 heterocycles. The highest BCUT2D eigenvalue weighted by molar-refractivity contribution is 6.39. The Hall–Kier alpha value is -3.93. The molecule has 0 unspecified atom stereocenters. The molecule has 162 valence electrons. The Morgan fingerprint density at radius 1 is 0.875 bits per heavy atom. The van der Waals surface area contributed by atoms with Crippen molar-refractivity contribution in [1.29, 1.82) is 0 Å². The smallest absolute Gasteiger partial charge is 0.318 e. The van der Waals surface area contributed by atoms with E-state index >= 15 is 0 Å². The molecule has 3 aromatic rings. The van der Waals surface area contributed by atoms with Gasteiger partial charge in [0.1, 0.15) is 5.57 Å². The zero-order valence-electron chi connectivity index (χ0n) is 18.8. The third-order valence-electron chi connectivity index (χ3n) is 5.95. The molecule has 1 aromatic heterocycles. The highest BCUT2D eigenvalue weighted by Gasteiger charge is 2.37. The van der Waals surface area contributed by atoms with Gasteiger partial charge in [-0.3, -0.25) is 14.9 Å². The number of hydrogen-bond acceptors (Lipinski definition) is 3. The van der Waals surface area contributed by atoms with Gasteiger partial charge in [0.15, 0.2) is 0 Å². The van der Waals surface area contributed by atoms with E-state index in [1.807, 2.05) is 65.0 Å². The molecule has 2 aromatic carbocycles. The van der Waals surface area contributed by atoms with Crippen molar-refractivity contribution in [2.45, 2.75) is 34.6 Å². The van der Waals surface area contributed by atoms with E-state index in [0.29, 0.717) is 5.69 Å². The maximum atomic E-state index is 13.3. The van der Waals surface area contributed by atoms with Gasteiger partial charge < -0.3 is 4.57 Å². The van der Waals surface area contributed by atoms with Crippen LogP contribution in [0.4, 0.5) is 10.5 Å². The first kappa shape index (κ1) is 21.3. The van der Waals surface area contributed by atoms with Gasteiger partial charge in [0, 0.05) is 17.1 Å². The van der Waals surface area contributed by atoms with Crippen LogP contribution in [0.1, 0.15) is 33.6 Å². The minimum atomic E-state index is -0.740. The van der Waals surface area contributed by atoms with E-state index in [1.54, 1.807) is 18.2 Å². The molecule has 32 heavy (non-hydrogen) atoms. The molecular weight excluding hydrogens is 402 g/mol. The van der Waals surface area contributed by atoms with Crippen molar-refractivity contribution in [3.05, 3.63) is 87.7 Å². The SMILES string of the molecule is Cc1cccc(-n2c(C)cc(/C=C3\C(=O)NC(=O)N(c4cccc(C)c4C)C3=O)c2C)c1. The molecule has 4 rings (SSSR count). The number of hydrogen-bond donors (Lipinski definition) is 1. The molecular formula is C26H25N3O3. The fourth-order valence-corrected chi connectivity index (χ4v) is 4.11. The molecule has 1 aliphatic heterocycles. The number of urea groups is 1. The molecule has 0 radical (unpaired) electrons. The average Bonchev–Trinajstić information content (AvgIpc) is 3.01. The lowest BCUT2D eigenvalue weighted by atomic mass is 10.0. The first-order chi connectivity index (χ1) is 15.2. The average molecular weight is 428 g/mol. The maximum absolute atomic E-state index is 13.3. The Bertz CT molecular complexity index is 1310. The highest BCUT2D eigenvalue weighted by Crippen LogP contribution is 2.28. The van der Waals surface area contributed by atoms with E-state index in [0.717, 1.165) is 44.2 Å². The van der Waals surface area contributed by atoms with Gasteiger partial charge in [-0.25, -0.2) is 9.69 Å². The highest BCUT2D eigenvalue weighted by atomic mass is 16.2. The van der Waals surface area contributed by atoms with Gasteiger partial charge in [0.25, 0.3) is 11.8 Å². The second-order valence-electron chi connectivity index (χ2n) is 8.18. The quantitative estimate of drug-likeness (QED) is 0.487. The summed E-state index contributed by atoms with van der Waals surface area (Å²) in [5.41, 5.74) is 6.93. The van der Waals surface area contributed by atoms with Crippen molar-refractivity contribution in [2.24, 2.45) is 0 Å². The Morgan fingerprint density at radius 2 is 1.59 bits per heavy atom. The van der Waals surface area contributed by atoms with Crippen LogP contribution in [0.25, 0.3) is 11.8 Å². The Morgan fingerprint density at radius 3 is 2.31 bits per heavy atom. The Labute approximate surface area is 187 Å². The third-order valence-corrected chi connectivity index (χ3v) is 5.95. The van der Waals surface area contributed by atoms with E-state index in [4.69, 9.17) is 0 Å². The third kappa shape index (κ3) is 3.54. The standard InChI is InChI=1S/C26H25N3O3/c1-15-8-6-10-21(12-15)28-17(3)13-20(19(28)5)14-22-24(30)27-26(32)29(25(22)31)23-11-7-9-16(2)18(23)4/h6-14H,1-5H3,(H,27,30,32)/b22-14+. The monoisotopic (exact) mass is 427 g/mol. The number of carbonyl (C=O) groups is 3. The molecule has 0 atom stereocenters. The molecule has 0 aliphatic carbocycles. The molecule has 1 N–H and O–H groups in total. The zero-order chi connectivity index (χ0) is 23.2. The summed E-state index contributed by atoms with van der Waals surface area (Å²) < 4.78 is 2.08. The maximum Gasteiger partial charge on any atom is 0.335 e. The second-order valence-corrected chi connectivity index (χ2v) is 8.18. The molecule has 0 saturated carbocycles. The summed E-state index contributed by atoms with van der Waals surface area (Å²) in [6.45, 7) is 9.71. The molecule has 1 aliphatic rings. The summed E-state index contributed by atoms with van der Waals surface area (Å²) in [5, 5.41) is 2.31. The van der Waals surface area contributed by atoms with Crippen molar-refractivity contribution in [3.8, 4) is 5.69 Å². The van der Waals surface area contributed by atoms with Crippen LogP contribution in [0.3, 0.4) is 0 Å². The van der Waals surface area contributed by atoms with E-state index in [1.165, 1.54) is 0 Å². The summed E-state index contributed by atoms with van der Waals surface area (Å²) in [7, 11) is 0. The normalized spacial score (nSPS) is 15.5. The summed E-state index contributed by atoms with van der Waals surface area (Å²) >= 11 is 0. The number of aryl methyl sites for hydroxylation is 3. The van der Waals surface area contributed by atoms with Crippen LogP contribution in [0, 0.1) is 34.6 Å². The number of aromatic nitrogens is 1. The van der Waals surface area contributed by atoms with Crippen LogP contribution >= 0.6 is 0 Å². The van der Waals surface area contributed by atoms with E-state index in [-0.39, 0.29) is 5.57 Å². The number of barbiturate groups is 1. The summed E-state index contributed by atoms with van der Waals surface area (Å²) in [6, 6.07) is 14.7. The summed E-state index contributed by atoms with van der Waals surface area (Å²) in [6.07, 6.45) is 1.57. The zero-order valence-corrected chi connectivity index (χ0v) is 18.8. The van der Waals surface area contributed by atoms with Crippen LogP contribution in [-0.2, 0) is 9.59 Å². The first-order valence-electron chi connectivity index (χ1n) is 10.4. The number of anilines is 1. The predicted octanol–water partition coefficient (Wildman–Crippen LogP) is 4.69. The van der Waals surface area contributed by atoms with Gasteiger partial charge in [-0.05, 0) is 87.2 Å². The molecule has 0 bridgehead atoms. The minimum absolute atomic E-state index is 0.0741. The van der Waals surface area contributed by atoms with E-state index in [9.17, 15) is 14.4 Å². The van der Waals surface area contributed by atoms with E-state index < -0.39 is 17.8 Å².